The van der Waals surface area contributed by atoms with Crippen LogP contribution in [0.25, 0.3) is 0 Å². The van der Waals surface area contributed by atoms with E-state index in [2.05, 4.69) is 36.0 Å². The molecule has 1 aliphatic heterocycles. The van der Waals surface area contributed by atoms with Gasteiger partial charge in [0.2, 0.25) is 0 Å². The minimum atomic E-state index is -3.01. The normalized spacial score (nSPS) is 22.2. The molecule has 1 saturated heterocycles. The van der Waals surface area contributed by atoms with Crippen LogP contribution in [0.1, 0.15) is 48.0 Å². The molecule has 0 spiro atoms. The molecule has 0 aliphatic carbocycles. The number of nitrogens with zero attached hydrogens (tertiary/aromatic N) is 2. The number of nitrogens with one attached hydrogen (secondary N) is 1. The molecule has 1 fully saturated rings. The monoisotopic (exact) mass is 317 g/mol. The first-order valence-electron chi connectivity index (χ1n) is 7.74. The van der Waals surface area contributed by atoms with Crippen molar-refractivity contribution in [2.45, 2.75) is 52.7 Å². The van der Waals surface area contributed by atoms with E-state index in [1.807, 2.05) is 6.92 Å². The Morgan fingerprint density at radius 2 is 1.95 bits per heavy atom. The lowest BCUT2D eigenvalue weighted by Crippen LogP contribution is -2.57. The van der Waals surface area contributed by atoms with Crippen molar-refractivity contribution in [2.75, 3.05) is 31.9 Å². The van der Waals surface area contributed by atoms with Gasteiger partial charge in [0.25, 0.3) is 0 Å². The molecule has 1 N–H and O–H groups in total. The zero-order chi connectivity index (χ0) is 16.3. The number of rotatable bonds is 3. The van der Waals surface area contributed by atoms with Gasteiger partial charge in [0, 0.05) is 26.2 Å². The Labute approximate surface area is 130 Å². The lowest BCUT2D eigenvalue weighted by Gasteiger charge is -2.39. The summed E-state index contributed by atoms with van der Waals surface area (Å²) >= 11 is 0. The average molecular weight is 317 g/mol. The Bertz CT molecular complexity index is 476. The molecule has 0 unspecified atom stereocenters. The van der Waals surface area contributed by atoms with Crippen molar-refractivity contribution in [3.8, 4) is 0 Å². The van der Waals surface area contributed by atoms with Gasteiger partial charge < -0.3 is 10.2 Å². The van der Waals surface area contributed by atoms with Crippen LogP contribution in [-0.2, 0) is 9.84 Å². The minimum absolute atomic E-state index is 0.198. The predicted molar refractivity (Wildman–Crippen MR) is 89.5 cm³/mol. The summed E-state index contributed by atoms with van der Waals surface area (Å²) in [6, 6.07) is 0. The fourth-order valence-corrected chi connectivity index (χ4v) is 3.61. The first-order valence-corrected chi connectivity index (χ1v) is 9.39. The molecule has 124 valence electrons. The highest BCUT2D eigenvalue weighted by Gasteiger charge is 2.40. The van der Waals surface area contributed by atoms with E-state index in [0.29, 0.717) is 13.1 Å². The van der Waals surface area contributed by atoms with E-state index < -0.39 is 14.6 Å². The highest BCUT2D eigenvalue weighted by atomic mass is 32.2. The Morgan fingerprint density at radius 1 is 1.33 bits per heavy atom. The summed E-state index contributed by atoms with van der Waals surface area (Å²) in [7, 11) is -3.01. The van der Waals surface area contributed by atoms with Crippen molar-refractivity contribution >= 4 is 15.8 Å². The zero-order valence-corrected chi connectivity index (χ0v) is 15.2. The zero-order valence-electron chi connectivity index (χ0n) is 14.4. The largest absolute Gasteiger partial charge is 0.357 e. The van der Waals surface area contributed by atoms with Gasteiger partial charge in [-0.05, 0) is 32.6 Å². The fourth-order valence-electron chi connectivity index (χ4n) is 2.25. The number of hydrogen-bond acceptors (Lipinski definition) is 3. The van der Waals surface area contributed by atoms with E-state index in [9.17, 15) is 8.42 Å². The van der Waals surface area contributed by atoms with Crippen molar-refractivity contribution in [1.29, 1.82) is 0 Å². The second-order valence-electron chi connectivity index (χ2n) is 7.55. The van der Waals surface area contributed by atoms with Gasteiger partial charge in [-0.1, -0.05) is 20.8 Å². The van der Waals surface area contributed by atoms with Crippen LogP contribution in [0.5, 0.6) is 0 Å². The molecule has 6 heteroatoms. The molecule has 0 bridgehead atoms. The van der Waals surface area contributed by atoms with Crippen LogP contribution in [0, 0.1) is 5.41 Å². The summed E-state index contributed by atoms with van der Waals surface area (Å²) < 4.78 is 23.5. The van der Waals surface area contributed by atoms with Crippen LogP contribution in [0.4, 0.5) is 0 Å². The number of hydrogen-bond donors (Lipinski definition) is 1. The molecular weight excluding hydrogens is 286 g/mol. The highest BCUT2D eigenvalue weighted by molar-refractivity contribution is 7.92. The Balaban J connectivity index is 2.80. The van der Waals surface area contributed by atoms with Crippen LogP contribution >= 0.6 is 0 Å². The second kappa shape index (κ2) is 6.55. The third-order valence-electron chi connectivity index (χ3n) is 3.80. The summed E-state index contributed by atoms with van der Waals surface area (Å²) in [4.78, 5) is 6.75. The Morgan fingerprint density at radius 3 is 2.43 bits per heavy atom. The van der Waals surface area contributed by atoms with Gasteiger partial charge in [-0.25, -0.2) is 8.42 Å². The van der Waals surface area contributed by atoms with E-state index in [-0.39, 0.29) is 11.2 Å². The first kappa shape index (κ1) is 18.3. The molecule has 1 heterocycles. The third-order valence-corrected chi connectivity index (χ3v) is 6.33. The van der Waals surface area contributed by atoms with Gasteiger partial charge in [0.15, 0.2) is 15.8 Å². The quantitative estimate of drug-likeness (QED) is 0.638. The number of guanidine groups is 1. The van der Waals surface area contributed by atoms with Crippen molar-refractivity contribution in [3.63, 3.8) is 0 Å². The number of aliphatic imine (C=N–C) groups is 1. The first-order chi connectivity index (χ1) is 9.48. The maximum absolute atomic E-state index is 12.1. The van der Waals surface area contributed by atoms with Crippen LogP contribution in [0.15, 0.2) is 4.99 Å². The Kier molecular flexibility index (Phi) is 5.69. The van der Waals surface area contributed by atoms with Gasteiger partial charge >= 0.3 is 0 Å². The van der Waals surface area contributed by atoms with Gasteiger partial charge in [0.05, 0.1) is 10.5 Å². The maximum Gasteiger partial charge on any atom is 0.193 e. The summed E-state index contributed by atoms with van der Waals surface area (Å²) in [5.74, 6) is 1.04. The van der Waals surface area contributed by atoms with Crippen LogP contribution in [0.2, 0.25) is 0 Å². The summed E-state index contributed by atoms with van der Waals surface area (Å²) in [6.45, 7) is 14.8. The summed E-state index contributed by atoms with van der Waals surface area (Å²) in [6.07, 6.45) is 1.01. The molecule has 0 atom stereocenters. The molecule has 0 radical (unpaired) electrons. The lowest BCUT2D eigenvalue weighted by molar-refractivity contribution is 0.349. The summed E-state index contributed by atoms with van der Waals surface area (Å²) in [5, 5.41) is 3.28. The van der Waals surface area contributed by atoms with E-state index in [1.54, 1.807) is 13.8 Å². The lowest BCUT2D eigenvalue weighted by atomic mass is 9.92. The molecule has 1 aliphatic rings. The standard InChI is InChI=1S/C15H31N3O2S/c1-7-16-13(17-9-8-14(2,3)4)18-10-11-21(19,20)15(5,6)12-18/h7-12H2,1-6H3,(H,16,17). The molecule has 5 nitrogen and oxygen atoms in total. The predicted octanol–water partition coefficient (Wildman–Crippen LogP) is 1.90. The topological polar surface area (TPSA) is 61.8 Å². The molecule has 1 rings (SSSR count). The van der Waals surface area contributed by atoms with Crippen molar-refractivity contribution in [3.05, 3.63) is 0 Å². The average Bonchev–Trinajstić information content (AvgIpc) is 2.30. The van der Waals surface area contributed by atoms with E-state index in [0.717, 1.165) is 25.5 Å². The molecule has 0 aromatic heterocycles. The molecule has 21 heavy (non-hydrogen) atoms. The smallest absolute Gasteiger partial charge is 0.193 e. The fraction of sp³-hybridized carbons (Fsp3) is 0.933. The van der Waals surface area contributed by atoms with Crippen LogP contribution in [0.3, 0.4) is 0 Å². The van der Waals surface area contributed by atoms with Gasteiger partial charge in [-0.15, -0.1) is 0 Å². The number of sulfone groups is 1. The van der Waals surface area contributed by atoms with Gasteiger partial charge in [-0.2, -0.15) is 0 Å². The molecule has 0 aromatic carbocycles. The van der Waals surface area contributed by atoms with Crippen LogP contribution < -0.4 is 5.32 Å². The Hall–Kier alpha value is -0.780. The van der Waals surface area contributed by atoms with Crippen LogP contribution in [-0.4, -0.2) is 56.0 Å². The van der Waals surface area contributed by atoms with E-state index >= 15 is 0 Å². The minimum Gasteiger partial charge on any atom is -0.357 e. The van der Waals surface area contributed by atoms with Crippen molar-refractivity contribution < 1.29 is 8.42 Å². The molecule has 0 amide bonds. The third kappa shape index (κ3) is 5.16. The highest BCUT2D eigenvalue weighted by Crippen LogP contribution is 2.24. The van der Waals surface area contributed by atoms with Gasteiger partial charge in [0.1, 0.15) is 0 Å². The SMILES string of the molecule is CCNC(=NCCC(C)(C)C)N1CCS(=O)(=O)C(C)(C)C1. The van der Waals surface area contributed by atoms with E-state index in [1.165, 1.54) is 0 Å². The van der Waals surface area contributed by atoms with Crippen molar-refractivity contribution in [1.82, 2.24) is 10.2 Å². The second-order valence-corrected chi connectivity index (χ2v) is 10.3. The van der Waals surface area contributed by atoms with Crippen molar-refractivity contribution in [2.24, 2.45) is 10.4 Å². The summed E-state index contributed by atoms with van der Waals surface area (Å²) in [5.41, 5.74) is 0.255. The molecule has 0 saturated carbocycles. The van der Waals surface area contributed by atoms with E-state index in [4.69, 9.17) is 0 Å². The molecular formula is C15H31N3O2S. The molecule has 0 aromatic rings. The maximum atomic E-state index is 12.1. The van der Waals surface area contributed by atoms with Gasteiger partial charge in [-0.3, -0.25) is 4.99 Å².